The summed E-state index contributed by atoms with van der Waals surface area (Å²) >= 11 is 0. The summed E-state index contributed by atoms with van der Waals surface area (Å²) in [6.07, 6.45) is 0.738. The molecule has 0 aliphatic carbocycles. The van der Waals surface area contributed by atoms with Gasteiger partial charge in [0.15, 0.2) is 0 Å². The highest BCUT2D eigenvalue weighted by molar-refractivity contribution is 5.96. The van der Waals surface area contributed by atoms with Crippen LogP contribution >= 0.6 is 0 Å². The fraction of sp³-hybridized carbons (Fsp3) is 0.235. The molecule has 5 heteroatoms. The molecule has 0 atom stereocenters. The van der Waals surface area contributed by atoms with Crippen LogP contribution in [-0.2, 0) is 17.7 Å². The summed E-state index contributed by atoms with van der Waals surface area (Å²) < 4.78 is 4.66. The normalized spacial score (nSPS) is 13.7. The first-order valence-corrected chi connectivity index (χ1v) is 7.10. The van der Waals surface area contributed by atoms with Gasteiger partial charge in [-0.1, -0.05) is 36.4 Å². The fourth-order valence-corrected chi connectivity index (χ4v) is 2.55. The van der Waals surface area contributed by atoms with Crippen molar-refractivity contribution in [2.75, 3.05) is 13.7 Å². The Kier molecular flexibility index (Phi) is 3.87. The number of fused-ring (bicyclic) bond motifs is 1. The molecule has 1 aliphatic rings. The quantitative estimate of drug-likeness (QED) is 0.814. The maximum absolute atomic E-state index is 12.6. The summed E-state index contributed by atoms with van der Waals surface area (Å²) in [7, 11) is 1.30. The molecule has 0 radical (unpaired) electrons. The minimum Gasteiger partial charge on any atom is -0.464 e. The molecule has 1 aliphatic heterocycles. The number of rotatable bonds is 3. The number of carbonyl (C=O) groups excluding carboxylic acids is 2. The van der Waals surface area contributed by atoms with Crippen molar-refractivity contribution in [2.45, 2.75) is 13.0 Å². The number of carbonyl (C=O) groups is 2. The highest BCUT2D eigenvalue weighted by Gasteiger charge is 2.27. The summed E-state index contributed by atoms with van der Waals surface area (Å²) in [5, 5.41) is 0. The molecule has 3 rings (SSSR count). The Balaban J connectivity index is 1.86. The summed E-state index contributed by atoms with van der Waals surface area (Å²) in [5.74, 6) is -0.674. The Morgan fingerprint density at radius 2 is 2.00 bits per heavy atom. The average molecular weight is 296 g/mol. The maximum atomic E-state index is 12.6. The van der Waals surface area contributed by atoms with E-state index in [9.17, 15) is 9.59 Å². The predicted molar refractivity (Wildman–Crippen MR) is 80.5 cm³/mol. The van der Waals surface area contributed by atoms with Gasteiger partial charge >= 0.3 is 5.97 Å². The number of amides is 1. The van der Waals surface area contributed by atoms with E-state index in [1.165, 1.54) is 7.11 Å². The summed E-state index contributed by atoms with van der Waals surface area (Å²) in [5.41, 5.74) is 2.46. The van der Waals surface area contributed by atoms with E-state index in [1.807, 2.05) is 30.3 Å². The highest BCUT2D eigenvalue weighted by Crippen LogP contribution is 2.20. The molecule has 2 aromatic rings. The van der Waals surface area contributed by atoms with Crippen molar-refractivity contribution < 1.29 is 14.3 Å². The van der Waals surface area contributed by atoms with Crippen molar-refractivity contribution >= 4 is 11.9 Å². The zero-order valence-corrected chi connectivity index (χ0v) is 12.3. The van der Waals surface area contributed by atoms with E-state index in [-0.39, 0.29) is 11.6 Å². The van der Waals surface area contributed by atoms with Crippen LogP contribution in [0.5, 0.6) is 0 Å². The number of hydrogen-bond acceptors (Lipinski definition) is 4. The predicted octanol–water partition coefficient (Wildman–Crippen LogP) is 2.07. The molecule has 2 heterocycles. The second kappa shape index (κ2) is 5.97. The first-order chi connectivity index (χ1) is 10.7. The monoisotopic (exact) mass is 296 g/mol. The van der Waals surface area contributed by atoms with Gasteiger partial charge in [0.1, 0.15) is 11.4 Å². The van der Waals surface area contributed by atoms with Gasteiger partial charge in [0, 0.05) is 13.1 Å². The number of hydrogen-bond donors (Lipinski definition) is 0. The lowest BCUT2D eigenvalue weighted by Gasteiger charge is -2.28. The summed E-state index contributed by atoms with van der Waals surface area (Å²) in [6.45, 7) is 1.20. The number of nitrogens with zero attached hydrogens (tertiary/aromatic N) is 2. The van der Waals surface area contributed by atoms with E-state index in [4.69, 9.17) is 0 Å². The Labute approximate surface area is 128 Å². The topological polar surface area (TPSA) is 59.5 Å². The van der Waals surface area contributed by atoms with E-state index in [1.54, 1.807) is 17.0 Å². The number of benzene rings is 1. The Morgan fingerprint density at radius 3 is 2.73 bits per heavy atom. The van der Waals surface area contributed by atoms with Crippen molar-refractivity contribution in [3.8, 4) is 0 Å². The SMILES string of the molecule is COC(=O)c1ccc2c(n1)C(=O)N(Cc1ccccc1)CC2. The molecule has 1 amide bonds. The Hall–Kier alpha value is -2.69. The molecule has 1 aromatic heterocycles. The third kappa shape index (κ3) is 2.70. The molecule has 0 N–H and O–H groups in total. The van der Waals surface area contributed by atoms with Gasteiger partial charge in [0.05, 0.1) is 7.11 Å². The lowest BCUT2D eigenvalue weighted by molar-refractivity contribution is 0.0593. The van der Waals surface area contributed by atoms with Gasteiger partial charge in [-0.2, -0.15) is 0 Å². The van der Waals surface area contributed by atoms with Gasteiger partial charge in [-0.15, -0.1) is 0 Å². The van der Waals surface area contributed by atoms with Gasteiger partial charge in [0.2, 0.25) is 0 Å². The van der Waals surface area contributed by atoms with Gasteiger partial charge in [0.25, 0.3) is 5.91 Å². The number of aromatic nitrogens is 1. The first kappa shape index (κ1) is 14.3. The first-order valence-electron chi connectivity index (χ1n) is 7.10. The summed E-state index contributed by atoms with van der Waals surface area (Å²) in [6, 6.07) is 13.2. The van der Waals surface area contributed by atoms with Gasteiger partial charge in [-0.05, 0) is 23.6 Å². The van der Waals surface area contributed by atoms with E-state index in [0.29, 0.717) is 18.8 Å². The van der Waals surface area contributed by atoms with Crippen LogP contribution in [0.1, 0.15) is 32.1 Å². The second-order valence-electron chi connectivity index (χ2n) is 5.16. The molecule has 0 spiro atoms. The third-order valence-corrected chi connectivity index (χ3v) is 3.73. The molecule has 0 bridgehead atoms. The Morgan fingerprint density at radius 1 is 1.23 bits per heavy atom. The van der Waals surface area contributed by atoms with Gasteiger partial charge < -0.3 is 9.64 Å². The zero-order chi connectivity index (χ0) is 15.5. The van der Waals surface area contributed by atoms with E-state index >= 15 is 0 Å². The van der Waals surface area contributed by atoms with E-state index in [0.717, 1.165) is 17.5 Å². The van der Waals surface area contributed by atoms with Crippen molar-refractivity contribution in [3.05, 3.63) is 65.0 Å². The standard InChI is InChI=1S/C17H16N2O3/c1-22-17(21)14-8-7-13-9-10-19(16(20)15(13)18-14)11-12-5-3-2-4-6-12/h2-8H,9-11H2,1H3. The largest absolute Gasteiger partial charge is 0.464 e. The third-order valence-electron chi connectivity index (χ3n) is 3.73. The zero-order valence-electron chi connectivity index (χ0n) is 12.3. The van der Waals surface area contributed by atoms with Crippen LogP contribution in [0.15, 0.2) is 42.5 Å². The van der Waals surface area contributed by atoms with E-state index < -0.39 is 5.97 Å². The molecule has 0 saturated carbocycles. The number of ether oxygens (including phenoxy) is 1. The summed E-state index contributed by atoms with van der Waals surface area (Å²) in [4.78, 5) is 30.1. The lowest BCUT2D eigenvalue weighted by atomic mass is 10.0. The molecular formula is C17H16N2O3. The molecule has 22 heavy (non-hydrogen) atoms. The van der Waals surface area contributed by atoms with Gasteiger partial charge in [-0.25, -0.2) is 9.78 Å². The van der Waals surface area contributed by atoms with Crippen LogP contribution in [0.25, 0.3) is 0 Å². The number of methoxy groups -OCH3 is 1. The van der Waals surface area contributed by atoms with Crippen LogP contribution in [0.3, 0.4) is 0 Å². The number of pyridine rings is 1. The average Bonchev–Trinajstić information content (AvgIpc) is 2.57. The fourth-order valence-electron chi connectivity index (χ4n) is 2.55. The molecule has 112 valence electrons. The van der Waals surface area contributed by atoms with Crippen LogP contribution in [0.4, 0.5) is 0 Å². The van der Waals surface area contributed by atoms with E-state index in [2.05, 4.69) is 9.72 Å². The van der Waals surface area contributed by atoms with Crippen LogP contribution in [-0.4, -0.2) is 35.4 Å². The minimum absolute atomic E-state index is 0.143. The van der Waals surface area contributed by atoms with Crippen LogP contribution < -0.4 is 0 Å². The minimum atomic E-state index is -0.532. The molecule has 1 aromatic carbocycles. The molecule has 5 nitrogen and oxygen atoms in total. The molecule has 0 fully saturated rings. The van der Waals surface area contributed by atoms with Crippen molar-refractivity contribution in [3.63, 3.8) is 0 Å². The second-order valence-corrected chi connectivity index (χ2v) is 5.16. The Bertz CT molecular complexity index is 713. The van der Waals surface area contributed by atoms with Crippen molar-refractivity contribution in [1.29, 1.82) is 0 Å². The highest BCUT2D eigenvalue weighted by atomic mass is 16.5. The smallest absolute Gasteiger partial charge is 0.356 e. The molecular weight excluding hydrogens is 280 g/mol. The molecule has 0 unspecified atom stereocenters. The van der Waals surface area contributed by atoms with Crippen LogP contribution in [0.2, 0.25) is 0 Å². The number of esters is 1. The lowest BCUT2D eigenvalue weighted by Crippen LogP contribution is -2.38. The van der Waals surface area contributed by atoms with Crippen molar-refractivity contribution in [1.82, 2.24) is 9.88 Å². The van der Waals surface area contributed by atoms with Crippen molar-refractivity contribution in [2.24, 2.45) is 0 Å². The molecule has 0 saturated heterocycles. The maximum Gasteiger partial charge on any atom is 0.356 e. The van der Waals surface area contributed by atoms with Crippen LogP contribution in [0, 0.1) is 0 Å². The van der Waals surface area contributed by atoms with Gasteiger partial charge in [-0.3, -0.25) is 4.79 Å².